The van der Waals surface area contributed by atoms with Crippen molar-refractivity contribution < 1.29 is 0 Å². The maximum absolute atomic E-state index is 5.66. The minimum absolute atomic E-state index is 0.0581. The molecule has 0 saturated carbocycles. The zero-order valence-electron chi connectivity index (χ0n) is 6.14. The van der Waals surface area contributed by atoms with Crippen LogP contribution in [0.15, 0.2) is 0 Å². The molecular weight excluding hydrogens is 128 g/mol. The quantitative estimate of drug-likeness (QED) is 0.335. The van der Waals surface area contributed by atoms with E-state index in [4.69, 9.17) is 11.5 Å². The van der Waals surface area contributed by atoms with Gasteiger partial charge in [-0.15, -0.1) is 0 Å². The van der Waals surface area contributed by atoms with E-state index < -0.39 is 0 Å². The van der Waals surface area contributed by atoms with Crippen molar-refractivity contribution in [2.45, 2.75) is 25.2 Å². The molecule has 1 fully saturated rings. The first kappa shape index (κ1) is 7.94. The molecule has 1 aliphatic heterocycles. The Kier molecular flexibility index (Phi) is 3.08. The van der Waals surface area contributed by atoms with E-state index in [-0.39, 0.29) is 12.3 Å². The number of nitrogens with one attached hydrogen (secondary N) is 2. The Balaban J connectivity index is 2.25. The van der Waals surface area contributed by atoms with Crippen molar-refractivity contribution in [2.24, 2.45) is 11.5 Å². The van der Waals surface area contributed by atoms with Crippen LogP contribution in [0.3, 0.4) is 0 Å². The lowest BCUT2D eigenvalue weighted by atomic mass is 10.2. The average Bonchev–Trinajstić information content (AvgIpc) is 1.83. The van der Waals surface area contributed by atoms with Crippen LogP contribution in [0.1, 0.15) is 12.8 Å². The van der Waals surface area contributed by atoms with Gasteiger partial charge in [0.2, 0.25) is 0 Å². The third kappa shape index (κ3) is 2.62. The van der Waals surface area contributed by atoms with Gasteiger partial charge in [-0.05, 0) is 25.9 Å². The monoisotopic (exact) mass is 144 g/mol. The topological polar surface area (TPSA) is 76.1 Å². The molecule has 1 heterocycles. The van der Waals surface area contributed by atoms with E-state index in [9.17, 15) is 0 Å². The predicted molar refractivity (Wildman–Crippen MR) is 41.2 cm³/mol. The van der Waals surface area contributed by atoms with E-state index in [0.717, 1.165) is 25.9 Å². The summed E-state index contributed by atoms with van der Waals surface area (Å²) in [6.07, 6.45) is 2.02. The van der Waals surface area contributed by atoms with E-state index in [1.807, 2.05) is 0 Å². The SMILES string of the molecule is NC1CCNCCC(N)N1. The fraction of sp³-hybridized carbons (Fsp3) is 1.00. The van der Waals surface area contributed by atoms with Crippen molar-refractivity contribution in [3.63, 3.8) is 0 Å². The average molecular weight is 144 g/mol. The number of nitrogens with two attached hydrogens (primary N) is 2. The highest BCUT2D eigenvalue weighted by molar-refractivity contribution is 4.70. The molecule has 0 amide bonds. The number of hydrogen-bond donors (Lipinski definition) is 4. The molecule has 0 radical (unpaired) electrons. The summed E-state index contributed by atoms with van der Waals surface area (Å²) in [6.45, 7) is 1.97. The molecule has 2 atom stereocenters. The molecule has 0 aromatic carbocycles. The maximum atomic E-state index is 5.66. The van der Waals surface area contributed by atoms with Gasteiger partial charge in [-0.3, -0.25) is 5.32 Å². The van der Waals surface area contributed by atoms with Crippen LogP contribution in [-0.4, -0.2) is 25.4 Å². The van der Waals surface area contributed by atoms with Gasteiger partial charge in [0, 0.05) is 0 Å². The first-order valence-electron chi connectivity index (χ1n) is 3.77. The standard InChI is InChI=1S/C6H16N4/c7-5-1-3-9-4-2-6(8)10-5/h5-6,9-10H,1-4,7-8H2. The lowest BCUT2D eigenvalue weighted by Crippen LogP contribution is -2.52. The summed E-state index contributed by atoms with van der Waals surface area (Å²) in [5.41, 5.74) is 11.3. The van der Waals surface area contributed by atoms with Crippen molar-refractivity contribution in [2.75, 3.05) is 13.1 Å². The minimum atomic E-state index is 0.0581. The van der Waals surface area contributed by atoms with Gasteiger partial charge in [-0.1, -0.05) is 0 Å². The minimum Gasteiger partial charge on any atom is -0.317 e. The molecular formula is C6H16N4. The van der Waals surface area contributed by atoms with Gasteiger partial charge in [0.25, 0.3) is 0 Å². The predicted octanol–water partition coefficient (Wildman–Crippen LogP) is -1.47. The summed E-state index contributed by atoms with van der Waals surface area (Å²) in [6, 6.07) is 0. The normalized spacial score (nSPS) is 36.6. The summed E-state index contributed by atoms with van der Waals surface area (Å²) in [4.78, 5) is 0. The first-order chi connectivity index (χ1) is 4.79. The molecule has 0 aromatic rings. The van der Waals surface area contributed by atoms with E-state index in [1.54, 1.807) is 0 Å². The van der Waals surface area contributed by atoms with Gasteiger partial charge in [0.05, 0.1) is 12.3 Å². The van der Waals surface area contributed by atoms with Gasteiger partial charge < -0.3 is 16.8 Å². The van der Waals surface area contributed by atoms with Crippen molar-refractivity contribution in [1.82, 2.24) is 10.6 Å². The highest BCUT2D eigenvalue weighted by Crippen LogP contribution is 1.90. The van der Waals surface area contributed by atoms with Crippen LogP contribution in [0.25, 0.3) is 0 Å². The Bertz CT molecular complexity index is 85.7. The lowest BCUT2D eigenvalue weighted by Gasteiger charge is -2.23. The first-order valence-corrected chi connectivity index (χ1v) is 3.77. The van der Waals surface area contributed by atoms with Crippen LogP contribution in [0.2, 0.25) is 0 Å². The number of rotatable bonds is 0. The molecule has 2 unspecified atom stereocenters. The van der Waals surface area contributed by atoms with E-state index in [2.05, 4.69) is 10.6 Å². The Hall–Kier alpha value is -0.160. The van der Waals surface area contributed by atoms with E-state index in [0.29, 0.717) is 0 Å². The molecule has 1 rings (SSSR count). The molecule has 10 heavy (non-hydrogen) atoms. The Labute approximate surface area is 61.3 Å². The Morgan fingerprint density at radius 2 is 1.50 bits per heavy atom. The Morgan fingerprint density at radius 1 is 1.00 bits per heavy atom. The van der Waals surface area contributed by atoms with Crippen molar-refractivity contribution in [3.8, 4) is 0 Å². The molecule has 0 bridgehead atoms. The van der Waals surface area contributed by atoms with Crippen molar-refractivity contribution in [3.05, 3.63) is 0 Å². The summed E-state index contributed by atoms with van der Waals surface area (Å²) >= 11 is 0. The number of hydrogen-bond acceptors (Lipinski definition) is 4. The zero-order valence-corrected chi connectivity index (χ0v) is 6.14. The zero-order chi connectivity index (χ0) is 7.40. The van der Waals surface area contributed by atoms with Crippen LogP contribution >= 0.6 is 0 Å². The highest BCUT2D eigenvalue weighted by atomic mass is 15.1. The summed E-state index contributed by atoms with van der Waals surface area (Å²) < 4.78 is 0. The van der Waals surface area contributed by atoms with E-state index in [1.165, 1.54) is 0 Å². The summed E-state index contributed by atoms with van der Waals surface area (Å²) in [5, 5.41) is 6.35. The molecule has 1 aliphatic rings. The molecule has 0 spiro atoms. The molecule has 1 saturated heterocycles. The fourth-order valence-corrected chi connectivity index (χ4v) is 1.08. The largest absolute Gasteiger partial charge is 0.317 e. The van der Waals surface area contributed by atoms with Crippen LogP contribution in [-0.2, 0) is 0 Å². The second-order valence-electron chi connectivity index (χ2n) is 2.71. The van der Waals surface area contributed by atoms with Gasteiger partial charge in [-0.2, -0.15) is 0 Å². The second kappa shape index (κ2) is 3.88. The molecule has 60 valence electrons. The van der Waals surface area contributed by atoms with E-state index >= 15 is 0 Å². The smallest absolute Gasteiger partial charge is 0.0570 e. The third-order valence-electron chi connectivity index (χ3n) is 1.69. The maximum Gasteiger partial charge on any atom is 0.0570 e. The molecule has 4 heteroatoms. The molecule has 6 N–H and O–H groups in total. The Morgan fingerprint density at radius 3 is 2.00 bits per heavy atom. The second-order valence-corrected chi connectivity index (χ2v) is 2.71. The van der Waals surface area contributed by atoms with Crippen molar-refractivity contribution >= 4 is 0 Å². The molecule has 0 aromatic heterocycles. The highest BCUT2D eigenvalue weighted by Gasteiger charge is 2.09. The van der Waals surface area contributed by atoms with Crippen LogP contribution < -0.4 is 22.1 Å². The third-order valence-corrected chi connectivity index (χ3v) is 1.69. The van der Waals surface area contributed by atoms with Crippen LogP contribution in [0.4, 0.5) is 0 Å². The molecule has 0 aliphatic carbocycles. The van der Waals surface area contributed by atoms with Gasteiger partial charge in [-0.25, -0.2) is 0 Å². The molecule has 4 nitrogen and oxygen atoms in total. The van der Waals surface area contributed by atoms with Gasteiger partial charge in [0.15, 0.2) is 0 Å². The van der Waals surface area contributed by atoms with Crippen LogP contribution in [0.5, 0.6) is 0 Å². The van der Waals surface area contributed by atoms with Gasteiger partial charge >= 0.3 is 0 Å². The summed E-state index contributed by atoms with van der Waals surface area (Å²) in [5.74, 6) is 0. The fourth-order valence-electron chi connectivity index (χ4n) is 1.08. The summed E-state index contributed by atoms with van der Waals surface area (Å²) in [7, 11) is 0. The lowest BCUT2D eigenvalue weighted by molar-refractivity contribution is 0.365. The van der Waals surface area contributed by atoms with Crippen LogP contribution in [0, 0.1) is 0 Å². The van der Waals surface area contributed by atoms with Crippen molar-refractivity contribution in [1.29, 1.82) is 0 Å². The van der Waals surface area contributed by atoms with Gasteiger partial charge in [0.1, 0.15) is 0 Å².